The summed E-state index contributed by atoms with van der Waals surface area (Å²) in [5, 5.41) is 9.78. The molecule has 0 heterocycles. The molecule has 0 radical (unpaired) electrons. The minimum absolute atomic E-state index is 0.140. The highest BCUT2D eigenvalue weighted by molar-refractivity contribution is 6.42. The molecule has 0 aliphatic heterocycles. The van der Waals surface area contributed by atoms with E-state index in [1.165, 1.54) is 0 Å². The highest BCUT2D eigenvalue weighted by atomic mass is 35.5. The zero-order valence-electron chi connectivity index (χ0n) is 16.8. The number of carbonyl (C=O) groups is 2. The number of benzene rings is 2. The Morgan fingerprint density at radius 3 is 1.45 bits per heavy atom. The van der Waals surface area contributed by atoms with Crippen LogP contribution < -0.4 is 10.9 Å². The molecule has 2 amide bonds. The Kier molecular flexibility index (Phi) is 9.78. The predicted molar refractivity (Wildman–Crippen MR) is 127 cm³/mol. The second-order valence-corrected chi connectivity index (χ2v) is 8.20. The van der Waals surface area contributed by atoms with Crippen LogP contribution in [0.4, 0.5) is 0 Å². The van der Waals surface area contributed by atoms with E-state index in [-0.39, 0.29) is 24.7 Å². The molecule has 0 bridgehead atoms. The Labute approximate surface area is 200 Å². The highest BCUT2D eigenvalue weighted by Crippen LogP contribution is 2.23. The maximum Gasteiger partial charge on any atom is 0.240 e. The number of nitrogens with one attached hydrogen (secondary N) is 2. The van der Waals surface area contributed by atoms with Gasteiger partial charge in [-0.25, -0.2) is 10.9 Å². The van der Waals surface area contributed by atoms with Crippen LogP contribution in [0, 0.1) is 0 Å². The Hall–Kier alpha value is -2.12. The molecular weight excluding hydrogens is 482 g/mol. The summed E-state index contributed by atoms with van der Waals surface area (Å²) in [5.41, 5.74) is 7.56. The number of hydrogen-bond acceptors (Lipinski definition) is 4. The lowest BCUT2D eigenvalue weighted by Gasteiger charge is -2.05. The largest absolute Gasteiger partial charge is 0.273 e. The topological polar surface area (TPSA) is 82.9 Å². The average Bonchev–Trinajstić information content (AvgIpc) is 2.74. The average molecular weight is 502 g/mol. The molecule has 0 aliphatic carbocycles. The van der Waals surface area contributed by atoms with Gasteiger partial charge in [-0.15, -0.1) is 0 Å². The van der Waals surface area contributed by atoms with Crippen molar-refractivity contribution in [1.82, 2.24) is 10.9 Å². The molecule has 0 spiro atoms. The third-order valence-corrected chi connectivity index (χ3v) is 5.66. The minimum Gasteiger partial charge on any atom is -0.273 e. The van der Waals surface area contributed by atoms with Crippen molar-refractivity contribution in [1.29, 1.82) is 0 Å². The molecule has 2 rings (SSSR count). The molecule has 2 N–H and O–H groups in total. The van der Waals surface area contributed by atoms with Crippen LogP contribution in [0.5, 0.6) is 0 Å². The Morgan fingerprint density at radius 1 is 0.710 bits per heavy atom. The van der Waals surface area contributed by atoms with Crippen molar-refractivity contribution in [3.8, 4) is 0 Å². The van der Waals surface area contributed by atoms with Crippen molar-refractivity contribution in [3.05, 3.63) is 67.6 Å². The zero-order valence-corrected chi connectivity index (χ0v) is 19.8. The van der Waals surface area contributed by atoms with Crippen LogP contribution in [0.25, 0.3) is 0 Å². The number of hydrazone groups is 2. The first-order valence-corrected chi connectivity index (χ1v) is 10.8. The van der Waals surface area contributed by atoms with Gasteiger partial charge in [-0.2, -0.15) is 10.2 Å². The molecule has 10 heteroatoms. The van der Waals surface area contributed by atoms with Gasteiger partial charge in [0.2, 0.25) is 11.8 Å². The van der Waals surface area contributed by atoms with Crippen molar-refractivity contribution in [3.63, 3.8) is 0 Å². The fourth-order valence-corrected chi connectivity index (χ4v) is 2.98. The quantitative estimate of drug-likeness (QED) is 0.351. The second-order valence-electron chi connectivity index (χ2n) is 6.58. The van der Waals surface area contributed by atoms with Crippen LogP contribution in [-0.2, 0) is 9.59 Å². The van der Waals surface area contributed by atoms with Gasteiger partial charge < -0.3 is 0 Å². The summed E-state index contributed by atoms with van der Waals surface area (Å²) >= 11 is 23.7. The van der Waals surface area contributed by atoms with Gasteiger partial charge >= 0.3 is 0 Å². The number of carbonyl (C=O) groups excluding carboxylic acids is 2. The molecule has 0 aliphatic rings. The highest BCUT2D eigenvalue weighted by Gasteiger charge is 2.07. The zero-order chi connectivity index (χ0) is 23.0. The predicted octanol–water partition coefficient (Wildman–Crippen LogP) is 5.85. The van der Waals surface area contributed by atoms with E-state index in [1.54, 1.807) is 50.2 Å². The Morgan fingerprint density at radius 2 is 1.10 bits per heavy atom. The summed E-state index contributed by atoms with van der Waals surface area (Å²) in [4.78, 5) is 23.9. The molecule has 31 heavy (non-hydrogen) atoms. The van der Waals surface area contributed by atoms with E-state index in [1.807, 2.05) is 0 Å². The first kappa shape index (κ1) is 25.1. The summed E-state index contributed by atoms with van der Waals surface area (Å²) < 4.78 is 0. The summed E-state index contributed by atoms with van der Waals surface area (Å²) in [6.07, 6.45) is 0.627. The first-order valence-electron chi connectivity index (χ1n) is 9.24. The number of amides is 2. The molecule has 2 aromatic carbocycles. The lowest BCUT2D eigenvalue weighted by Crippen LogP contribution is -2.21. The summed E-state index contributed by atoms with van der Waals surface area (Å²) in [6, 6.07) is 10.2. The van der Waals surface area contributed by atoms with E-state index >= 15 is 0 Å². The van der Waals surface area contributed by atoms with E-state index in [2.05, 4.69) is 21.1 Å². The van der Waals surface area contributed by atoms with Gasteiger partial charge in [-0.05, 0) is 55.7 Å². The molecule has 6 nitrogen and oxygen atoms in total. The number of rotatable bonds is 8. The lowest BCUT2D eigenvalue weighted by atomic mass is 10.1. The number of nitrogens with zero attached hydrogens (tertiary/aromatic N) is 2. The molecule has 0 fully saturated rings. The monoisotopic (exact) mass is 500 g/mol. The maximum atomic E-state index is 11.9. The SMILES string of the molecule is CC(=NNC(=O)CCCC(=O)NN=C(C)c1ccc(Cl)c(Cl)c1)c1ccc(Cl)c(Cl)c1. The number of halogens is 4. The van der Waals surface area contributed by atoms with E-state index in [9.17, 15) is 9.59 Å². The maximum absolute atomic E-state index is 11.9. The van der Waals surface area contributed by atoms with Crippen molar-refractivity contribution >= 4 is 69.6 Å². The summed E-state index contributed by atoms with van der Waals surface area (Å²) in [5.74, 6) is -0.606. The van der Waals surface area contributed by atoms with Gasteiger partial charge in [-0.3, -0.25) is 9.59 Å². The van der Waals surface area contributed by atoms with Gasteiger partial charge in [0.15, 0.2) is 0 Å². The molecule has 0 unspecified atom stereocenters. The third-order valence-electron chi connectivity index (χ3n) is 4.18. The standard InChI is InChI=1S/C21H20Cl4N4O2/c1-12(14-6-8-16(22)18(24)10-14)26-28-20(30)4-3-5-21(31)29-27-13(2)15-7-9-17(23)19(25)11-15/h6-11H,3-5H2,1-2H3,(H,28,30)(H,29,31). The van der Waals surface area contributed by atoms with Crippen molar-refractivity contribution in [2.75, 3.05) is 0 Å². The first-order chi connectivity index (χ1) is 14.7. The molecule has 0 aromatic heterocycles. The van der Waals surface area contributed by atoms with Crippen LogP contribution >= 0.6 is 46.4 Å². The third kappa shape index (κ3) is 8.15. The summed E-state index contributed by atoms with van der Waals surface area (Å²) in [6.45, 7) is 3.48. The fourth-order valence-electron chi connectivity index (χ4n) is 2.39. The van der Waals surface area contributed by atoms with Crippen molar-refractivity contribution in [2.24, 2.45) is 10.2 Å². The van der Waals surface area contributed by atoms with Gasteiger partial charge in [0.05, 0.1) is 31.5 Å². The van der Waals surface area contributed by atoms with E-state index in [4.69, 9.17) is 46.4 Å². The van der Waals surface area contributed by atoms with E-state index < -0.39 is 0 Å². The lowest BCUT2D eigenvalue weighted by molar-refractivity contribution is -0.122. The number of hydrogen-bond donors (Lipinski definition) is 2. The van der Waals surface area contributed by atoms with E-state index in [0.29, 0.717) is 37.9 Å². The van der Waals surface area contributed by atoms with Gasteiger partial charge in [0, 0.05) is 12.8 Å². The molecule has 2 aromatic rings. The molecule has 0 saturated carbocycles. The Balaban J connectivity index is 1.76. The summed E-state index contributed by atoms with van der Waals surface area (Å²) in [7, 11) is 0. The van der Waals surface area contributed by atoms with Crippen LogP contribution in [0.3, 0.4) is 0 Å². The fraction of sp³-hybridized carbons (Fsp3) is 0.238. The van der Waals surface area contributed by atoms with Crippen molar-refractivity contribution in [2.45, 2.75) is 33.1 Å². The van der Waals surface area contributed by atoms with Gasteiger partial charge in [0.25, 0.3) is 0 Å². The Bertz CT molecular complexity index is 957. The van der Waals surface area contributed by atoms with Crippen LogP contribution in [0.2, 0.25) is 20.1 Å². The molecule has 0 atom stereocenters. The normalized spacial score (nSPS) is 11.9. The smallest absolute Gasteiger partial charge is 0.240 e. The van der Waals surface area contributed by atoms with Crippen molar-refractivity contribution < 1.29 is 9.59 Å². The van der Waals surface area contributed by atoms with Crippen LogP contribution in [-0.4, -0.2) is 23.2 Å². The van der Waals surface area contributed by atoms with Gasteiger partial charge in [0.1, 0.15) is 0 Å². The second kappa shape index (κ2) is 12.1. The van der Waals surface area contributed by atoms with E-state index in [0.717, 1.165) is 11.1 Å². The van der Waals surface area contributed by atoms with Gasteiger partial charge in [-0.1, -0.05) is 58.5 Å². The molecule has 164 valence electrons. The molecular formula is C21H20Cl4N4O2. The molecule has 0 saturated heterocycles. The minimum atomic E-state index is -0.303. The van der Waals surface area contributed by atoms with Crippen LogP contribution in [0.1, 0.15) is 44.2 Å². The van der Waals surface area contributed by atoms with Crippen LogP contribution in [0.15, 0.2) is 46.6 Å².